The Morgan fingerprint density at radius 3 is 2.79 bits per heavy atom. The van der Waals surface area contributed by atoms with E-state index in [0.717, 1.165) is 42.0 Å². The minimum Gasteiger partial charge on any atom is -0.454 e. The summed E-state index contributed by atoms with van der Waals surface area (Å²) in [6.45, 7) is 7.77. The number of hydrogen-bond acceptors (Lipinski definition) is 4. The maximum absolute atomic E-state index is 5.41. The Hall–Kier alpha value is -1.95. The van der Waals surface area contributed by atoms with Gasteiger partial charge in [-0.1, -0.05) is 13.0 Å². The minimum atomic E-state index is 0.310. The van der Waals surface area contributed by atoms with Crippen molar-refractivity contribution in [3.8, 4) is 11.5 Å². The maximum atomic E-state index is 5.41. The van der Waals surface area contributed by atoms with Gasteiger partial charge >= 0.3 is 0 Å². The molecule has 24 heavy (non-hydrogen) atoms. The molecule has 6 nitrogen and oxygen atoms in total. The zero-order valence-electron chi connectivity index (χ0n) is 14.7. The largest absolute Gasteiger partial charge is 0.454 e. The molecular formula is C18H28N4O2. The van der Waals surface area contributed by atoms with Crippen LogP contribution in [-0.4, -0.2) is 50.9 Å². The van der Waals surface area contributed by atoms with Crippen LogP contribution in [0.3, 0.4) is 0 Å². The minimum absolute atomic E-state index is 0.310. The molecule has 1 saturated heterocycles. The molecule has 2 heterocycles. The van der Waals surface area contributed by atoms with Crippen molar-refractivity contribution in [1.82, 2.24) is 15.5 Å². The van der Waals surface area contributed by atoms with Crippen molar-refractivity contribution in [2.75, 3.05) is 40.0 Å². The summed E-state index contributed by atoms with van der Waals surface area (Å²) in [6, 6.07) is 6.01. The van der Waals surface area contributed by atoms with E-state index in [0.29, 0.717) is 13.3 Å². The van der Waals surface area contributed by atoms with E-state index >= 15 is 0 Å². The highest BCUT2D eigenvalue weighted by Crippen LogP contribution is 2.32. The van der Waals surface area contributed by atoms with Gasteiger partial charge in [0.05, 0.1) is 0 Å². The molecule has 1 aromatic rings. The molecule has 0 unspecified atom stereocenters. The molecule has 0 bridgehead atoms. The molecule has 0 aliphatic carbocycles. The van der Waals surface area contributed by atoms with Gasteiger partial charge < -0.3 is 25.0 Å². The number of nitrogens with one attached hydrogen (secondary N) is 2. The maximum Gasteiger partial charge on any atom is 0.231 e. The van der Waals surface area contributed by atoms with Gasteiger partial charge in [-0.05, 0) is 49.5 Å². The van der Waals surface area contributed by atoms with Crippen molar-refractivity contribution in [2.24, 2.45) is 10.9 Å². The van der Waals surface area contributed by atoms with Crippen molar-refractivity contribution < 1.29 is 9.47 Å². The molecule has 0 atom stereocenters. The Kier molecular flexibility index (Phi) is 5.80. The summed E-state index contributed by atoms with van der Waals surface area (Å²) in [5.74, 6) is 3.34. The molecule has 0 amide bonds. The molecule has 2 N–H and O–H groups in total. The highest BCUT2D eigenvalue weighted by atomic mass is 16.7. The van der Waals surface area contributed by atoms with Crippen LogP contribution >= 0.6 is 0 Å². The van der Waals surface area contributed by atoms with E-state index in [1.807, 2.05) is 18.2 Å². The van der Waals surface area contributed by atoms with Crippen LogP contribution in [0.1, 0.15) is 25.3 Å². The number of fused-ring (bicyclic) bond motifs is 1. The molecule has 6 heteroatoms. The summed E-state index contributed by atoms with van der Waals surface area (Å²) < 4.78 is 10.7. The number of ether oxygens (including phenoxy) is 2. The van der Waals surface area contributed by atoms with Gasteiger partial charge in [0.25, 0.3) is 0 Å². The molecule has 2 aliphatic rings. The molecule has 0 radical (unpaired) electrons. The van der Waals surface area contributed by atoms with E-state index in [2.05, 4.69) is 27.4 Å². The highest BCUT2D eigenvalue weighted by Gasteiger charge is 2.15. The fourth-order valence-corrected chi connectivity index (χ4v) is 3.08. The van der Waals surface area contributed by atoms with Gasteiger partial charge in [0.15, 0.2) is 17.5 Å². The first kappa shape index (κ1) is 16.9. The topological polar surface area (TPSA) is 58.1 Å². The number of guanidine groups is 1. The summed E-state index contributed by atoms with van der Waals surface area (Å²) in [5, 5.41) is 6.74. The lowest BCUT2D eigenvalue weighted by molar-refractivity contribution is 0.174. The Bertz CT molecular complexity index is 568. The first-order valence-corrected chi connectivity index (χ1v) is 8.80. The first-order valence-electron chi connectivity index (χ1n) is 8.80. The van der Waals surface area contributed by atoms with Gasteiger partial charge in [0, 0.05) is 26.7 Å². The number of hydrogen-bond donors (Lipinski definition) is 2. The van der Waals surface area contributed by atoms with Crippen LogP contribution in [0.25, 0.3) is 0 Å². The van der Waals surface area contributed by atoms with Crippen LogP contribution in [0, 0.1) is 5.92 Å². The van der Waals surface area contributed by atoms with E-state index in [9.17, 15) is 0 Å². The number of rotatable bonds is 5. The molecular weight excluding hydrogens is 304 g/mol. The highest BCUT2D eigenvalue weighted by molar-refractivity contribution is 5.79. The molecule has 1 fully saturated rings. The van der Waals surface area contributed by atoms with Crippen LogP contribution < -0.4 is 20.1 Å². The third-order valence-electron chi connectivity index (χ3n) is 4.72. The molecule has 1 aromatic carbocycles. The number of likely N-dealkylation sites (tertiary alicyclic amines) is 1. The lowest BCUT2D eigenvalue weighted by atomic mass is 9.99. The molecule has 3 rings (SSSR count). The van der Waals surface area contributed by atoms with Crippen molar-refractivity contribution >= 4 is 5.96 Å². The van der Waals surface area contributed by atoms with E-state index in [1.54, 1.807) is 7.05 Å². The molecule has 0 aromatic heterocycles. The number of nitrogens with zero attached hydrogens (tertiary/aromatic N) is 2. The first-order chi connectivity index (χ1) is 11.7. The van der Waals surface area contributed by atoms with Crippen molar-refractivity contribution in [3.63, 3.8) is 0 Å². The van der Waals surface area contributed by atoms with E-state index < -0.39 is 0 Å². The molecule has 132 valence electrons. The summed E-state index contributed by atoms with van der Waals surface area (Å²) in [4.78, 5) is 6.82. The van der Waals surface area contributed by atoms with Crippen molar-refractivity contribution in [3.05, 3.63) is 23.8 Å². The second-order valence-electron chi connectivity index (χ2n) is 6.56. The van der Waals surface area contributed by atoms with Gasteiger partial charge in [-0.3, -0.25) is 4.99 Å². The third kappa shape index (κ3) is 4.54. The summed E-state index contributed by atoms with van der Waals surface area (Å²) in [6.07, 6.45) is 2.63. The van der Waals surface area contributed by atoms with Crippen LogP contribution in [0.15, 0.2) is 23.2 Å². The van der Waals surface area contributed by atoms with Crippen LogP contribution in [0.5, 0.6) is 11.5 Å². The zero-order chi connectivity index (χ0) is 16.8. The Morgan fingerprint density at radius 2 is 2.00 bits per heavy atom. The van der Waals surface area contributed by atoms with Crippen molar-refractivity contribution in [2.45, 2.75) is 26.3 Å². The van der Waals surface area contributed by atoms with Gasteiger partial charge in [0.1, 0.15) is 0 Å². The van der Waals surface area contributed by atoms with E-state index in [-0.39, 0.29) is 0 Å². The van der Waals surface area contributed by atoms with Gasteiger partial charge in [-0.25, -0.2) is 0 Å². The average molecular weight is 332 g/mol. The summed E-state index contributed by atoms with van der Waals surface area (Å²) in [7, 11) is 1.80. The smallest absolute Gasteiger partial charge is 0.231 e. The van der Waals surface area contributed by atoms with Gasteiger partial charge in [-0.2, -0.15) is 0 Å². The second kappa shape index (κ2) is 8.24. The van der Waals surface area contributed by atoms with E-state index in [4.69, 9.17) is 9.47 Å². The zero-order valence-corrected chi connectivity index (χ0v) is 14.7. The number of benzene rings is 1. The fourth-order valence-electron chi connectivity index (χ4n) is 3.08. The Morgan fingerprint density at radius 1 is 1.21 bits per heavy atom. The second-order valence-corrected chi connectivity index (χ2v) is 6.56. The standard InChI is InChI=1S/C18H28N4O2/c1-14-5-8-22(9-6-14)10-7-20-18(19-2)21-12-15-3-4-16-17(11-15)24-13-23-16/h3-4,11,14H,5-10,12-13H2,1-2H3,(H2,19,20,21). The lowest BCUT2D eigenvalue weighted by Gasteiger charge is -2.30. The SMILES string of the molecule is CN=C(NCCN1CCC(C)CC1)NCc1ccc2c(c1)OCO2. The normalized spacial score (nSPS) is 18.7. The molecule has 2 aliphatic heterocycles. The predicted octanol–water partition coefficient (Wildman–Crippen LogP) is 1.81. The fraction of sp³-hybridized carbons (Fsp3) is 0.611. The number of aliphatic imine (C=N–C) groups is 1. The Balaban J connectivity index is 1.39. The third-order valence-corrected chi connectivity index (χ3v) is 4.72. The molecule has 0 spiro atoms. The van der Waals surface area contributed by atoms with E-state index in [1.165, 1.54) is 25.9 Å². The quantitative estimate of drug-likeness (QED) is 0.636. The predicted molar refractivity (Wildman–Crippen MR) is 95.6 cm³/mol. The van der Waals surface area contributed by atoms with Gasteiger partial charge in [0.2, 0.25) is 6.79 Å². The Labute approximate surface area is 144 Å². The molecule has 0 saturated carbocycles. The summed E-state index contributed by atoms with van der Waals surface area (Å²) in [5.41, 5.74) is 1.15. The van der Waals surface area contributed by atoms with Gasteiger partial charge in [-0.15, -0.1) is 0 Å². The lowest BCUT2D eigenvalue weighted by Crippen LogP contribution is -2.43. The number of piperidine rings is 1. The monoisotopic (exact) mass is 332 g/mol. The van der Waals surface area contributed by atoms with Crippen LogP contribution in [-0.2, 0) is 6.54 Å². The van der Waals surface area contributed by atoms with Crippen molar-refractivity contribution in [1.29, 1.82) is 0 Å². The van der Waals surface area contributed by atoms with Crippen LogP contribution in [0.2, 0.25) is 0 Å². The van der Waals surface area contributed by atoms with Crippen LogP contribution in [0.4, 0.5) is 0 Å². The average Bonchev–Trinajstić information content (AvgIpc) is 3.07. The summed E-state index contributed by atoms with van der Waals surface area (Å²) >= 11 is 0.